The Labute approximate surface area is 119 Å². The molecule has 3 N–H and O–H groups in total. The lowest BCUT2D eigenvalue weighted by Crippen LogP contribution is -2.39. The van der Waals surface area contributed by atoms with Crippen LogP contribution >= 0.6 is 0 Å². The van der Waals surface area contributed by atoms with E-state index in [-0.39, 0.29) is 6.04 Å². The van der Waals surface area contributed by atoms with Crippen LogP contribution in [-0.2, 0) is 11.2 Å². The van der Waals surface area contributed by atoms with Crippen molar-refractivity contribution in [1.82, 2.24) is 5.43 Å². The number of benzene rings is 1. The van der Waals surface area contributed by atoms with Crippen molar-refractivity contribution >= 4 is 0 Å². The second-order valence-electron chi connectivity index (χ2n) is 4.71. The molecule has 2 rings (SSSR count). The van der Waals surface area contributed by atoms with E-state index in [1.54, 1.807) is 14.2 Å². The number of hydrogen-bond acceptors (Lipinski definition) is 5. The summed E-state index contributed by atoms with van der Waals surface area (Å²) < 4.78 is 16.2. The lowest BCUT2D eigenvalue weighted by Gasteiger charge is -2.23. The first-order chi connectivity index (χ1) is 9.78. The highest BCUT2D eigenvalue weighted by molar-refractivity contribution is 5.43. The summed E-state index contributed by atoms with van der Waals surface area (Å²) in [6.45, 7) is 0.760. The molecule has 1 aliphatic rings. The molecule has 0 amide bonds. The van der Waals surface area contributed by atoms with E-state index < -0.39 is 0 Å². The van der Waals surface area contributed by atoms with Gasteiger partial charge in [-0.2, -0.15) is 0 Å². The van der Waals surface area contributed by atoms with Crippen molar-refractivity contribution in [3.63, 3.8) is 0 Å². The minimum absolute atomic E-state index is 0.0200. The van der Waals surface area contributed by atoms with E-state index >= 15 is 0 Å². The first kappa shape index (κ1) is 14.7. The number of allylic oxidation sites excluding steroid dienone is 1. The molecule has 1 aromatic rings. The summed E-state index contributed by atoms with van der Waals surface area (Å²) in [5.74, 6) is 8.02. The van der Waals surface area contributed by atoms with E-state index in [9.17, 15) is 0 Å². The molecular formula is C15H22N2O3. The van der Waals surface area contributed by atoms with Crippen LogP contribution in [0.4, 0.5) is 0 Å². The first-order valence-corrected chi connectivity index (χ1v) is 6.78. The smallest absolute Gasteiger partial charge is 0.160 e. The minimum atomic E-state index is -0.0200. The zero-order valence-corrected chi connectivity index (χ0v) is 12.0. The molecule has 20 heavy (non-hydrogen) atoms. The largest absolute Gasteiger partial charge is 0.497 e. The van der Waals surface area contributed by atoms with Crippen LogP contribution in [0, 0.1) is 0 Å². The summed E-state index contributed by atoms with van der Waals surface area (Å²) in [5, 5.41) is 0. The molecular weight excluding hydrogens is 256 g/mol. The Morgan fingerprint density at radius 2 is 2.10 bits per heavy atom. The van der Waals surface area contributed by atoms with Gasteiger partial charge in [0.2, 0.25) is 0 Å². The van der Waals surface area contributed by atoms with Crippen LogP contribution in [0.25, 0.3) is 0 Å². The topological polar surface area (TPSA) is 65.7 Å². The predicted octanol–water partition coefficient (Wildman–Crippen LogP) is 1.77. The quantitative estimate of drug-likeness (QED) is 0.613. The molecule has 0 aliphatic carbocycles. The predicted molar refractivity (Wildman–Crippen MR) is 77.6 cm³/mol. The molecule has 1 aliphatic heterocycles. The van der Waals surface area contributed by atoms with Gasteiger partial charge in [0.05, 0.1) is 26.9 Å². The van der Waals surface area contributed by atoms with Crippen molar-refractivity contribution < 1.29 is 14.2 Å². The third-order valence-corrected chi connectivity index (χ3v) is 3.40. The van der Waals surface area contributed by atoms with Gasteiger partial charge in [-0.1, -0.05) is 6.07 Å². The Bertz CT molecular complexity index is 474. The fourth-order valence-corrected chi connectivity index (χ4v) is 2.30. The van der Waals surface area contributed by atoms with Crippen molar-refractivity contribution in [3.05, 3.63) is 35.6 Å². The molecule has 0 saturated heterocycles. The average Bonchev–Trinajstić information content (AvgIpc) is 2.53. The van der Waals surface area contributed by atoms with Crippen LogP contribution in [0.2, 0.25) is 0 Å². The van der Waals surface area contributed by atoms with Crippen molar-refractivity contribution in [2.45, 2.75) is 25.3 Å². The van der Waals surface area contributed by atoms with E-state index in [0.29, 0.717) is 0 Å². The lowest BCUT2D eigenvalue weighted by molar-refractivity contribution is 0.167. The molecule has 1 aromatic carbocycles. The van der Waals surface area contributed by atoms with Gasteiger partial charge in [0.1, 0.15) is 5.76 Å². The Hall–Kier alpha value is -1.72. The maximum Gasteiger partial charge on any atom is 0.160 e. The highest BCUT2D eigenvalue weighted by Crippen LogP contribution is 2.28. The summed E-state index contributed by atoms with van der Waals surface area (Å²) in [5.41, 5.74) is 3.93. The van der Waals surface area contributed by atoms with Crippen molar-refractivity contribution in [1.29, 1.82) is 0 Å². The fourth-order valence-electron chi connectivity index (χ4n) is 2.30. The van der Waals surface area contributed by atoms with Crippen molar-refractivity contribution in [3.8, 4) is 11.5 Å². The molecule has 1 atom stereocenters. The summed E-state index contributed by atoms with van der Waals surface area (Å²) in [6, 6.07) is 5.85. The number of nitrogens with one attached hydrogen (secondary N) is 1. The Morgan fingerprint density at radius 3 is 2.70 bits per heavy atom. The first-order valence-electron chi connectivity index (χ1n) is 6.78. The van der Waals surface area contributed by atoms with Gasteiger partial charge in [0.15, 0.2) is 11.5 Å². The van der Waals surface area contributed by atoms with Gasteiger partial charge in [-0.3, -0.25) is 5.84 Å². The molecule has 1 heterocycles. The van der Waals surface area contributed by atoms with Crippen LogP contribution in [0.1, 0.15) is 18.4 Å². The van der Waals surface area contributed by atoms with Gasteiger partial charge in [-0.25, -0.2) is 5.43 Å². The van der Waals surface area contributed by atoms with Gasteiger partial charge in [-0.05, 0) is 43.0 Å². The van der Waals surface area contributed by atoms with E-state index in [4.69, 9.17) is 20.1 Å². The number of hydrazine groups is 1. The Morgan fingerprint density at radius 1 is 1.30 bits per heavy atom. The van der Waals surface area contributed by atoms with Crippen molar-refractivity contribution in [2.75, 3.05) is 20.8 Å². The maximum absolute atomic E-state index is 5.67. The van der Waals surface area contributed by atoms with Gasteiger partial charge < -0.3 is 14.2 Å². The number of nitrogens with two attached hydrogens (primary N) is 1. The zero-order valence-electron chi connectivity index (χ0n) is 12.0. The van der Waals surface area contributed by atoms with Gasteiger partial charge in [-0.15, -0.1) is 0 Å². The second-order valence-corrected chi connectivity index (χ2v) is 4.71. The molecule has 1 unspecified atom stereocenters. The van der Waals surface area contributed by atoms with Gasteiger partial charge in [0.25, 0.3) is 0 Å². The monoisotopic (exact) mass is 278 g/mol. The van der Waals surface area contributed by atoms with Crippen LogP contribution in [0.15, 0.2) is 30.0 Å². The maximum atomic E-state index is 5.67. The molecule has 0 radical (unpaired) electrons. The van der Waals surface area contributed by atoms with Gasteiger partial charge >= 0.3 is 0 Å². The standard InChI is InChI=1S/C15H22N2O3/c1-18-14-7-6-11(10-15(14)19-2)9-12(17-16)13-5-3-4-8-20-13/h5-7,10,12,17H,3-4,8-9,16H2,1-2H3. The van der Waals surface area contributed by atoms with Crippen LogP contribution in [0.5, 0.6) is 11.5 Å². The number of rotatable bonds is 6. The zero-order chi connectivity index (χ0) is 14.4. The number of methoxy groups -OCH3 is 2. The lowest BCUT2D eigenvalue weighted by atomic mass is 10.0. The van der Waals surface area contributed by atoms with Crippen LogP contribution in [-0.4, -0.2) is 26.9 Å². The fraction of sp³-hybridized carbons (Fsp3) is 0.467. The van der Waals surface area contributed by atoms with Crippen LogP contribution < -0.4 is 20.7 Å². The molecule has 5 nitrogen and oxygen atoms in total. The molecule has 110 valence electrons. The van der Waals surface area contributed by atoms with Crippen LogP contribution in [0.3, 0.4) is 0 Å². The Kier molecular flexibility index (Phi) is 5.26. The van der Waals surface area contributed by atoms with E-state index in [0.717, 1.165) is 48.7 Å². The average molecular weight is 278 g/mol. The normalized spacial score (nSPS) is 16.1. The summed E-state index contributed by atoms with van der Waals surface area (Å²) in [4.78, 5) is 0. The van der Waals surface area contributed by atoms with Gasteiger partial charge in [0, 0.05) is 0 Å². The summed E-state index contributed by atoms with van der Waals surface area (Å²) >= 11 is 0. The molecule has 0 aromatic heterocycles. The third-order valence-electron chi connectivity index (χ3n) is 3.40. The second kappa shape index (κ2) is 7.17. The molecule has 0 saturated carbocycles. The highest BCUT2D eigenvalue weighted by Gasteiger charge is 2.18. The summed E-state index contributed by atoms with van der Waals surface area (Å²) in [6.07, 6.45) is 4.95. The molecule has 0 fully saturated rings. The van der Waals surface area contributed by atoms with E-state index in [2.05, 4.69) is 11.5 Å². The molecule has 5 heteroatoms. The van der Waals surface area contributed by atoms with E-state index in [1.807, 2.05) is 18.2 Å². The highest BCUT2D eigenvalue weighted by atomic mass is 16.5. The van der Waals surface area contributed by atoms with E-state index in [1.165, 1.54) is 0 Å². The van der Waals surface area contributed by atoms with Crippen molar-refractivity contribution in [2.24, 2.45) is 5.84 Å². The minimum Gasteiger partial charge on any atom is -0.497 e. The summed E-state index contributed by atoms with van der Waals surface area (Å²) in [7, 11) is 3.26. The molecule has 0 spiro atoms. The SMILES string of the molecule is COc1ccc(CC(NN)C2=CCCCO2)cc1OC. The third kappa shape index (κ3) is 3.43. The molecule has 0 bridgehead atoms. The number of hydrogen-bond donors (Lipinski definition) is 2. The number of ether oxygens (including phenoxy) is 3. The Balaban J connectivity index is 2.13.